The van der Waals surface area contributed by atoms with E-state index in [0.29, 0.717) is 9.13 Å². The minimum atomic E-state index is -3.89. The average molecular weight is 361 g/mol. The van der Waals surface area contributed by atoms with Crippen molar-refractivity contribution in [1.29, 1.82) is 0 Å². The highest BCUT2D eigenvalue weighted by atomic mass is 127. The van der Waals surface area contributed by atoms with E-state index in [9.17, 15) is 13.2 Å². The molecule has 82 valence electrons. The predicted octanol–water partition coefficient (Wildman–Crippen LogP) is 2.23. The van der Waals surface area contributed by atoms with E-state index in [1.165, 1.54) is 6.07 Å². The van der Waals surface area contributed by atoms with Crippen molar-refractivity contribution in [2.45, 2.75) is 11.8 Å². The molecular formula is C8H6ClIO4S. The first kappa shape index (κ1) is 12.7. The molecule has 0 saturated heterocycles. The van der Waals surface area contributed by atoms with Crippen molar-refractivity contribution >= 4 is 48.3 Å². The summed E-state index contributed by atoms with van der Waals surface area (Å²) < 4.78 is 22.6. The highest BCUT2D eigenvalue weighted by Gasteiger charge is 2.17. The standard InChI is InChI=1S/C8H6ClIO4S/c1-4-6(8(11)12)2-5(3-7(4)10)15(9,13)14/h2-3H,1H3,(H,11,12). The number of rotatable bonds is 2. The van der Waals surface area contributed by atoms with Crippen LogP contribution in [0, 0.1) is 10.5 Å². The van der Waals surface area contributed by atoms with Gasteiger partial charge in [0.25, 0.3) is 9.05 Å². The lowest BCUT2D eigenvalue weighted by Gasteiger charge is -2.05. The van der Waals surface area contributed by atoms with Crippen molar-refractivity contribution in [3.8, 4) is 0 Å². The van der Waals surface area contributed by atoms with Crippen LogP contribution in [0.25, 0.3) is 0 Å². The summed E-state index contributed by atoms with van der Waals surface area (Å²) in [5.74, 6) is -1.17. The van der Waals surface area contributed by atoms with Gasteiger partial charge in [0.15, 0.2) is 0 Å². The van der Waals surface area contributed by atoms with Gasteiger partial charge in [0.1, 0.15) is 0 Å². The van der Waals surface area contributed by atoms with Crippen molar-refractivity contribution < 1.29 is 18.3 Å². The molecular weight excluding hydrogens is 355 g/mol. The zero-order valence-corrected chi connectivity index (χ0v) is 11.2. The number of carbonyl (C=O) groups is 1. The topological polar surface area (TPSA) is 71.4 Å². The van der Waals surface area contributed by atoms with Crippen molar-refractivity contribution in [3.63, 3.8) is 0 Å². The first-order valence-electron chi connectivity index (χ1n) is 3.71. The molecule has 0 amide bonds. The number of carboxylic acid groups (broad SMARTS) is 1. The number of aromatic carboxylic acids is 1. The van der Waals surface area contributed by atoms with E-state index in [2.05, 4.69) is 0 Å². The molecule has 0 aliphatic carbocycles. The predicted molar refractivity (Wildman–Crippen MR) is 63.9 cm³/mol. The minimum absolute atomic E-state index is 0.0545. The molecule has 1 rings (SSSR count). The summed E-state index contributed by atoms with van der Waals surface area (Å²) in [6, 6.07) is 2.40. The van der Waals surface area contributed by atoms with Gasteiger partial charge in [0.2, 0.25) is 0 Å². The number of hydrogen-bond acceptors (Lipinski definition) is 3. The highest BCUT2D eigenvalue weighted by Crippen LogP contribution is 2.24. The van der Waals surface area contributed by atoms with Crippen LogP contribution in [-0.4, -0.2) is 19.5 Å². The summed E-state index contributed by atoms with van der Waals surface area (Å²) in [5.41, 5.74) is 0.466. The molecule has 7 heteroatoms. The summed E-state index contributed by atoms with van der Waals surface area (Å²) in [6.07, 6.45) is 0. The average Bonchev–Trinajstić information content (AvgIpc) is 2.06. The van der Waals surface area contributed by atoms with Crippen LogP contribution in [0.3, 0.4) is 0 Å². The van der Waals surface area contributed by atoms with Gasteiger partial charge in [0, 0.05) is 14.3 Å². The van der Waals surface area contributed by atoms with Crippen LogP contribution in [-0.2, 0) is 9.05 Å². The quantitative estimate of drug-likeness (QED) is 0.648. The molecule has 0 atom stereocenters. The number of benzene rings is 1. The normalized spacial score (nSPS) is 11.4. The van der Waals surface area contributed by atoms with Crippen LogP contribution in [0.15, 0.2) is 17.0 Å². The Balaban J connectivity index is 3.57. The van der Waals surface area contributed by atoms with E-state index in [4.69, 9.17) is 15.8 Å². The molecule has 0 heterocycles. The Morgan fingerprint density at radius 2 is 2.00 bits per heavy atom. The smallest absolute Gasteiger partial charge is 0.336 e. The van der Waals surface area contributed by atoms with Crippen molar-refractivity contribution in [1.82, 2.24) is 0 Å². The van der Waals surface area contributed by atoms with Gasteiger partial charge < -0.3 is 5.11 Å². The van der Waals surface area contributed by atoms with Crippen LogP contribution in [0.4, 0.5) is 0 Å². The van der Waals surface area contributed by atoms with Gasteiger partial charge in [0.05, 0.1) is 10.5 Å². The third-order valence-corrected chi connectivity index (χ3v) is 4.28. The van der Waals surface area contributed by atoms with Crippen LogP contribution < -0.4 is 0 Å². The second kappa shape index (κ2) is 4.26. The van der Waals surface area contributed by atoms with E-state index in [0.717, 1.165) is 6.07 Å². The maximum Gasteiger partial charge on any atom is 0.336 e. The fourth-order valence-electron chi connectivity index (χ4n) is 1.02. The number of halogens is 2. The van der Waals surface area contributed by atoms with Gasteiger partial charge in [-0.3, -0.25) is 0 Å². The summed E-state index contributed by atoms with van der Waals surface area (Å²) in [6.45, 7) is 1.61. The van der Waals surface area contributed by atoms with Crippen LogP contribution in [0.2, 0.25) is 0 Å². The Hall–Kier alpha value is -0.340. The molecule has 0 saturated carbocycles. The lowest BCUT2D eigenvalue weighted by Crippen LogP contribution is -2.04. The molecule has 0 bridgehead atoms. The summed E-state index contributed by atoms with van der Waals surface area (Å²) in [4.78, 5) is 10.6. The SMILES string of the molecule is Cc1c(I)cc(S(=O)(=O)Cl)cc1C(=O)O. The third kappa shape index (κ3) is 2.82. The molecule has 1 N–H and O–H groups in total. The molecule has 1 aromatic rings. The van der Waals surface area contributed by atoms with Gasteiger partial charge in [-0.05, 0) is 47.2 Å². The zero-order valence-electron chi connectivity index (χ0n) is 7.49. The lowest BCUT2D eigenvalue weighted by atomic mass is 10.1. The molecule has 0 radical (unpaired) electrons. The molecule has 0 aliphatic rings. The van der Waals surface area contributed by atoms with Gasteiger partial charge in [-0.25, -0.2) is 13.2 Å². The first-order valence-corrected chi connectivity index (χ1v) is 7.10. The Morgan fingerprint density at radius 1 is 1.47 bits per heavy atom. The molecule has 15 heavy (non-hydrogen) atoms. The first-order chi connectivity index (χ1) is 6.73. The van der Waals surface area contributed by atoms with Crippen molar-refractivity contribution in [2.75, 3.05) is 0 Å². The zero-order chi connectivity index (χ0) is 11.8. The Bertz CT molecular complexity index is 524. The van der Waals surface area contributed by atoms with E-state index < -0.39 is 15.0 Å². The largest absolute Gasteiger partial charge is 0.478 e. The summed E-state index contributed by atoms with van der Waals surface area (Å²) in [7, 11) is 1.24. The van der Waals surface area contributed by atoms with Crippen molar-refractivity contribution in [3.05, 3.63) is 26.8 Å². The molecule has 0 aliphatic heterocycles. The third-order valence-electron chi connectivity index (χ3n) is 1.83. The van der Waals surface area contributed by atoms with Crippen molar-refractivity contribution in [2.24, 2.45) is 0 Å². The number of carboxylic acids is 1. The second-order valence-electron chi connectivity index (χ2n) is 2.82. The maximum atomic E-state index is 11.0. The Labute approximate surface area is 105 Å². The molecule has 0 aromatic heterocycles. The number of hydrogen-bond donors (Lipinski definition) is 1. The van der Waals surface area contributed by atoms with Gasteiger partial charge in [-0.1, -0.05) is 0 Å². The second-order valence-corrected chi connectivity index (χ2v) is 6.55. The maximum absolute atomic E-state index is 11.0. The van der Waals surface area contributed by atoms with Crippen LogP contribution in [0.1, 0.15) is 15.9 Å². The Kier molecular flexibility index (Phi) is 3.62. The van der Waals surface area contributed by atoms with Gasteiger partial charge in [-0.2, -0.15) is 0 Å². The molecule has 1 aromatic carbocycles. The van der Waals surface area contributed by atoms with E-state index >= 15 is 0 Å². The highest BCUT2D eigenvalue weighted by molar-refractivity contribution is 14.1. The summed E-state index contributed by atoms with van der Waals surface area (Å²) in [5, 5.41) is 8.84. The van der Waals surface area contributed by atoms with E-state index in [1.54, 1.807) is 6.92 Å². The van der Waals surface area contributed by atoms with E-state index in [-0.39, 0.29) is 10.5 Å². The minimum Gasteiger partial charge on any atom is -0.478 e. The Morgan fingerprint density at radius 3 is 2.40 bits per heavy atom. The van der Waals surface area contributed by atoms with Gasteiger partial charge >= 0.3 is 5.97 Å². The molecule has 0 fully saturated rings. The van der Waals surface area contributed by atoms with Gasteiger partial charge in [-0.15, -0.1) is 0 Å². The molecule has 0 unspecified atom stereocenters. The van der Waals surface area contributed by atoms with Crippen LogP contribution >= 0.6 is 33.3 Å². The fraction of sp³-hybridized carbons (Fsp3) is 0.125. The monoisotopic (exact) mass is 360 g/mol. The molecule has 4 nitrogen and oxygen atoms in total. The van der Waals surface area contributed by atoms with E-state index in [1.807, 2.05) is 22.6 Å². The molecule has 0 spiro atoms. The van der Waals surface area contributed by atoms with Crippen LogP contribution in [0.5, 0.6) is 0 Å². The lowest BCUT2D eigenvalue weighted by molar-refractivity contribution is 0.0695. The summed E-state index contributed by atoms with van der Waals surface area (Å²) >= 11 is 1.86. The fourth-order valence-corrected chi connectivity index (χ4v) is 2.64.